The van der Waals surface area contributed by atoms with E-state index >= 15 is 0 Å². The topological polar surface area (TPSA) is 38.3 Å². The van der Waals surface area contributed by atoms with Crippen molar-refractivity contribution in [2.75, 3.05) is 14.2 Å². The minimum atomic E-state index is -0.339. The van der Waals surface area contributed by atoms with Gasteiger partial charge in [-0.15, -0.1) is 0 Å². The van der Waals surface area contributed by atoms with Crippen molar-refractivity contribution in [2.45, 2.75) is 6.54 Å². The quantitative estimate of drug-likeness (QED) is 0.599. The Morgan fingerprint density at radius 3 is 3.00 bits per heavy atom. The number of carbonyl (C=O) groups excluding carboxylic acids is 1. The molecule has 0 amide bonds. The Morgan fingerprint density at radius 2 is 2.33 bits per heavy atom. The van der Waals surface area contributed by atoms with E-state index in [0.717, 1.165) is 12.1 Å². The molecule has 1 N–H and O–H groups in total. The zero-order chi connectivity index (χ0) is 11.1. The SMILES string of the molecule is CNCc1cccc(C=CC(=O)OC)c1. The summed E-state index contributed by atoms with van der Waals surface area (Å²) in [6, 6.07) is 7.96. The number of ether oxygens (including phenoxy) is 1. The summed E-state index contributed by atoms with van der Waals surface area (Å²) in [6.45, 7) is 0.819. The largest absolute Gasteiger partial charge is 0.466 e. The van der Waals surface area contributed by atoms with Gasteiger partial charge in [-0.25, -0.2) is 4.79 Å². The molecule has 0 fully saturated rings. The van der Waals surface area contributed by atoms with Crippen LogP contribution >= 0.6 is 0 Å². The summed E-state index contributed by atoms with van der Waals surface area (Å²) < 4.78 is 4.51. The first-order valence-corrected chi connectivity index (χ1v) is 4.76. The lowest BCUT2D eigenvalue weighted by Gasteiger charge is -2.00. The molecule has 15 heavy (non-hydrogen) atoms. The summed E-state index contributed by atoms with van der Waals surface area (Å²) in [4.78, 5) is 10.9. The number of methoxy groups -OCH3 is 1. The van der Waals surface area contributed by atoms with Crippen LogP contribution in [0.3, 0.4) is 0 Å². The summed E-state index contributed by atoms with van der Waals surface area (Å²) in [5, 5.41) is 3.07. The number of hydrogen-bond donors (Lipinski definition) is 1. The highest BCUT2D eigenvalue weighted by Gasteiger charge is 1.94. The third-order valence-electron chi connectivity index (χ3n) is 1.94. The number of benzene rings is 1. The van der Waals surface area contributed by atoms with Crippen molar-refractivity contribution in [1.82, 2.24) is 5.32 Å². The smallest absolute Gasteiger partial charge is 0.330 e. The Morgan fingerprint density at radius 1 is 1.53 bits per heavy atom. The first kappa shape index (κ1) is 11.5. The first-order chi connectivity index (χ1) is 7.26. The molecule has 0 radical (unpaired) electrons. The third kappa shape index (κ3) is 3.95. The highest BCUT2D eigenvalue weighted by molar-refractivity contribution is 5.86. The van der Waals surface area contributed by atoms with Gasteiger partial charge in [-0.3, -0.25) is 0 Å². The van der Waals surface area contributed by atoms with Crippen molar-refractivity contribution in [1.29, 1.82) is 0 Å². The lowest BCUT2D eigenvalue weighted by atomic mass is 10.1. The van der Waals surface area contributed by atoms with Gasteiger partial charge in [0, 0.05) is 12.6 Å². The molecule has 0 heterocycles. The van der Waals surface area contributed by atoms with E-state index in [-0.39, 0.29) is 5.97 Å². The minimum absolute atomic E-state index is 0.339. The standard InChI is InChI=1S/C12H15NO2/c1-13-9-11-5-3-4-10(8-11)6-7-12(14)15-2/h3-8,13H,9H2,1-2H3. The molecule has 0 atom stereocenters. The zero-order valence-electron chi connectivity index (χ0n) is 8.99. The van der Waals surface area contributed by atoms with Crippen molar-refractivity contribution in [3.8, 4) is 0 Å². The first-order valence-electron chi connectivity index (χ1n) is 4.76. The lowest BCUT2D eigenvalue weighted by molar-refractivity contribution is -0.134. The van der Waals surface area contributed by atoms with Gasteiger partial charge in [0.2, 0.25) is 0 Å². The second kappa shape index (κ2) is 5.98. The fourth-order valence-corrected chi connectivity index (χ4v) is 1.24. The summed E-state index contributed by atoms with van der Waals surface area (Å²) in [5.41, 5.74) is 2.18. The van der Waals surface area contributed by atoms with Crippen molar-refractivity contribution < 1.29 is 9.53 Å². The number of nitrogens with one attached hydrogen (secondary N) is 1. The van der Waals surface area contributed by atoms with E-state index in [0.29, 0.717) is 0 Å². The summed E-state index contributed by atoms with van der Waals surface area (Å²) >= 11 is 0. The van der Waals surface area contributed by atoms with Gasteiger partial charge < -0.3 is 10.1 Å². The molecule has 0 unspecified atom stereocenters. The molecule has 1 aromatic carbocycles. The van der Waals surface area contributed by atoms with Gasteiger partial charge >= 0.3 is 5.97 Å². The Kier molecular flexibility index (Phi) is 4.57. The van der Waals surface area contributed by atoms with Crippen LogP contribution in [0.1, 0.15) is 11.1 Å². The monoisotopic (exact) mass is 205 g/mol. The highest BCUT2D eigenvalue weighted by atomic mass is 16.5. The van der Waals surface area contributed by atoms with E-state index < -0.39 is 0 Å². The van der Waals surface area contributed by atoms with Crippen LogP contribution in [0.15, 0.2) is 30.3 Å². The van der Waals surface area contributed by atoms with Crippen LogP contribution in [0, 0.1) is 0 Å². The lowest BCUT2D eigenvalue weighted by Crippen LogP contribution is -2.04. The zero-order valence-corrected chi connectivity index (χ0v) is 8.99. The minimum Gasteiger partial charge on any atom is -0.466 e. The Hall–Kier alpha value is -1.61. The van der Waals surface area contributed by atoms with Gasteiger partial charge in [-0.05, 0) is 24.3 Å². The van der Waals surface area contributed by atoms with Crippen molar-refractivity contribution in [3.63, 3.8) is 0 Å². The fraction of sp³-hybridized carbons (Fsp3) is 0.250. The average Bonchev–Trinajstić information content (AvgIpc) is 2.27. The molecule has 0 bridgehead atoms. The van der Waals surface area contributed by atoms with Crippen molar-refractivity contribution >= 4 is 12.0 Å². The number of esters is 1. The van der Waals surface area contributed by atoms with Gasteiger partial charge in [0.15, 0.2) is 0 Å². The van der Waals surface area contributed by atoms with E-state index in [4.69, 9.17) is 0 Å². The van der Waals surface area contributed by atoms with Gasteiger partial charge in [0.1, 0.15) is 0 Å². The molecule has 0 spiro atoms. The molecule has 3 heteroatoms. The predicted octanol–water partition coefficient (Wildman–Crippen LogP) is 1.59. The maximum absolute atomic E-state index is 10.9. The highest BCUT2D eigenvalue weighted by Crippen LogP contribution is 2.06. The molecule has 1 aromatic rings. The van der Waals surface area contributed by atoms with E-state index in [1.807, 2.05) is 31.3 Å². The van der Waals surface area contributed by atoms with Crippen LogP contribution in [0.25, 0.3) is 6.08 Å². The summed E-state index contributed by atoms with van der Waals surface area (Å²) in [7, 11) is 3.26. The van der Waals surface area contributed by atoms with Gasteiger partial charge in [-0.2, -0.15) is 0 Å². The Balaban J connectivity index is 2.73. The number of hydrogen-bond acceptors (Lipinski definition) is 3. The number of carbonyl (C=O) groups is 1. The molecule has 0 aromatic heterocycles. The van der Waals surface area contributed by atoms with Crippen LogP contribution < -0.4 is 5.32 Å². The van der Waals surface area contributed by atoms with E-state index in [9.17, 15) is 4.79 Å². The van der Waals surface area contributed by atoms with Crippen molar-refractivity contribution in [3.05, 3.63) is 41.5 Å². The molecule has 0 aliphatic heterocycles. The van der Waals surface area contributed by atoms with E-state index in [1.165, 1.54) is 18.7 Å². The maximum Gasteiger partial charge on any atom is 0.330 e. The Bertz CT molecular complexity index is 358. The molecular weight excluding hydrogens is 190 g/mol. The van der Waals surface area contributed by atoms with Crippen LogP contribution in [-0.4, -0.2) is 20.1 Å². The molecule has 80 valence electrons. The second-order valence-electron chi connectivity index (χ2n) is 3.13. The average molecular weight is 205 g/mol. The predicted molar refractivity (Wildman–Crippen MR) is 60.3 cm³/mol. The molecule has 0 aliphatic rings. The van der Waals surface area contributed by atoms with E-state index in [1.54, 1.807) is 6.08 Å². The van der Waals surface area contributed by atoms with Crippen LogP contribution in [0.5, 0.6) is 0 Å². The fourth-order valence-electron chi connectivity index (χ4n) is 1.24. The second-order valence-corrected chi connectivity index (χ2v) is 3.13. The van der Waals surface area contributed by atoms with Gasteiger partial charge in [0.05, 0.1) is 7.11 Å². The number of rotatable bonds is 4. The van der Waals surface area contributed by atoms with Gasteiger partial charge in [0.25, 0.3) is 0 Å². The molecule has 0 saturated carbocycles. The van der Waals surface area contributed by atoms with E-state index in [2.05, 4.69) is 10.1 Å². The van der Waals surface area contributed by atoms with Crippen molar-refractivity contribution in [2.24, 2.45) is 0 Å². The molecule has 0 aliphatic carbocycles. The molecule has 0 saturated heterocycles. The maximum atomic E-state index is 10.9. The molecule has 1 rings (SSSR count). The van der Waals surface area contributed by atoms with Crippen LogP contribution in [0.4, 0.5) is 0 Å². The third-order valence-corrected chi connectivity index (χ3v) is 1.94. The van der Waals surface area contributed by atoms with Gasteiger partial charge in [-0.1, -0.05) is 24.3 Å². The van der Waals surface area contributed by atoms with Crippen LogP contribution in [-0.2, 0) is 16.1 Å². The Labute approximate surface area is 89.8 Å². The molecular formula is C12H15NO2. The van der Waals surface area contributed by atoms with Crippen LogP contribution in [0.2, 0.25) is 0 Å². The summed E-state index contributed by atoms with van der Waals surface area (Å²) in [5.74, 6) is -0.339. The summed E-state index contributed by atoms with van der Waals surface area (Å²) in [6.07, 6.45) is 3.16. The normalized spacial score (nSPS) is 10.5. The molecule has 3 nitrogen and oxygen atoms in total.